The molecule has 3 aromatic rings. The number of nitrogens with one attached hydrogen (secondary N) is 1. The van der Waals surface area contributed by atoms with E-state index in [2.05, 4.69) is 10.3 Å². The van der Waals surface area contributed by atoms with Gasteiger partial charge in [0.25, 0.3) is 5.91 Å². The van der Waals surface area contributed by atoms with Crippen LogP contribution < -0.4 is 10.2 Å². The molecule has 1 heterocycles. The zero-order valence-corrected chi connectivity index (χ0v) is 17.1. The number of amides is 1. The number of anilines is 2. The standard InChI is InChI=1S/C22H20FN3O2S/c1-14-20(19(27)13-6-15-4-11-18(12-5-15)26(2)3)29-22(24-14)25-21(28)16-7-9-17(23)10-8-16/h4-13H,1-3H3,(H,24,25,28)/b13-6+. The predicted octanol–water partition coefficient (Wildman–Crippen LogP) is 4.81. The van der Waals surface area contributed by atoms with Gasteiger partial charge in [-0.25, -0.2) is 9.37 Å². The van der Waals surface area contributed by atoms with Gasteiger partial charge in [0.2, 0.25) is 0 Å². The largest absolute Gasteiger partial charge is 0.378 e. The molecule has 29 heavy (non-hydrogen) atoms. The highest BCUT2D eigenvalue weighted by Crippen LogP contribution is 2.24. The van der Waals surface area contributed by atoms with Crippen molar-refractivity contribution < 1.29 is 14.0 Å². The van der Waals surface area contributed by atoms with E-state index < -0.39 is 11.7 Å². The Hall–Kier alpha value is -3.32. The monoisotopic (exact) mass is 409 g/mol. The van der Waals surface area contributed by atoms with E-state index in [1.54, 1.807) is 13.0 Å². The molecule has 0 saturated carbocycles. The topological polar surface area (TPSA) is 62.3 Å². The van der Waals surface area contributed by atoms with Gasteiger partial charge in [-0.2, -0.15) is 0 Å². The number of benzene rings is 2. The minimum atomic E-state index is -0.414. The number of aryl methyl sites for hydroxylation is 1. The third kappa shape index (κ3) is 5.14. The van der Waals surface area contributed by atoms with Gasteiger partial charge in [0, 0.05) is 25.3 Å². The summed E-state index contributed by atoms with van der Waals surface area (Å²) in [7, 11) is 3.93. The number of allylic oxidation sites excluding steroid dienone is 1. The van der Waals surface area contributed by atoms with Gasteiger partial charge in [0.05, 0.1) is 10.6 Å². The lowest BCUT2D eigenvalue weighted by atomic mass is 10.1. The highest BCUT2D eigenvalue weighted by Gasteiger charge is 2.15. The molecule has 0 aliphatic carbocycles. The highest BCUT2D eigenvalue weighted by molar-refractivity contribution is 7.18. The summed E-state index contributed by atoms with van der Waals surface area (Å²) in [6.45, 7) is 1.72. The molecule has 148 valence electrons. The van der Waals surface area contributed by atoms with Crippen molar-refractivity contribution in [3.63, 3.8) is 0 Å². The summed E-state index contributed by atoms with van der Waals surface area (Å²) < 4.78 is 13.0. The molecule has 7 heteroatoms. The second-order valence-corrected chi connectivity index (χ2v) is 7.58. The molecule has 2 aromatic carbocycles. The van der Waals surface area contributed by atoms with Crippen molar-refractivity contribution in [2.45, 2.75) is 6.92 Å². The first-order chi connectivity index (χ1) is 13.8. The molecule has 0 bridgehead atoms. The first-order valence-electron chi connectivity index (χ1n) is 8.87. The number of nitrogens with zero attached hydrogens (tertiary/aromatic N) is 2. The Morgan fingerprint density at radius 3 is 2.34 bits per heavy atom. The van der Waals surface area contributed by atoms with Gasteiger partial charge in [-0.1, -0.05) is 29.5 Å². The lowest BCUT2D eigenvalue weighted by Gasteiger charge is -2.11. The molecule has 0 saturated heterocycles. The molecular weight excluding hydrogens is 389 g/mol. The molecule has 0 atom stereocenters. The Labute approximate surface area is 172 Å². The fraction of sp³-hybridized carbons (Fsp3) is 0.136. The second-order valence-electron chi connectivity index (χ2n) is 6.58. The average Bonchev–Trinajstić information content (AvgIpc) is 3.07. The van der Waals surface area contributed by atoms with E-state index in [1.165, 1.54) is 30.3 Å². The summed E-state index contributed by atoms with van der Waals surface area (Å²) in [5, 5.41) is 2.97. The number of carbonyl (C=O) groups is 2. The molecule has 0 aliphatic heterocycles. The summed E-state index contributed by atoms with van der Waals surface area (Å²) in [5.74, 6) is -1.00. The normalized spacial score (nSPS) is 10.9. The maximum Gasteiger partial charge on any atom is 0.257 e. The van der Waals surface area contributed by atoms with Gasteiger partial charge in [-0.05, 0) is 55.0 Å². The van der Waals surface area contributed by atoms with Crippen molar-refractivity contribution in [3.8, 4) is 0 Å². The van der Waals surface area contributed by atoms with Crippen LogP contribution in [0.2, 0.25) is 0 Å². The highest BCUT2D eigenvalue weighted by atomic mass is 32.1. The van der Waals surface area contributed by atoms with Crippen LogP contribution in [0.4, 0.5) is 15.2 Å². The van der Waals surface area contributed by atoms with Gasteiger partial charge in [0.15, 0.2) is 10.9 Å². The maximum atomic E-state index is 13.0. The van der Waals surface area contributed by atoms with Crippen molar-refractivity contribution in [1.29, 1.82) is 0 Å². The van der Waals surface area contributed by atoms with Crippen LogP contribution in [-0.4, -0.2) is 30.8 Å². The van der Waals surface area contributed by atoms with Crippen LogP contribution in [0.1, 0.15) is 31.3 Å². The molecule has 5 nitrogen and oxygen atoms in total. The van der Waals surface area contributed by atoms with Crippen molar-refractivity contribution in [2.24, 2.45) is 0 Å². The number of halogens is 1. The van der Waals surface area contributed by atoms with Gasteiger partial charge in [-0.3, -0.25) is 14.9 Å². The Balaban J connectivity index is 1.69. The molecule has 1 aromatic heterocycles. The number of carbonyl (C=O) groups excluding carboxylic acids is 2. The molecule has 0 fully saturated rings. The lowest BCUT2D eigenvalue weighted by molar-refractivity contribution is 0.102. The smallest absolute Gasteiger partial charge is 0.257 e. The van der Waals surface area contributed by atoms with E-state index >= 15 is 0 Å². The summed E-state index contributed by atoms with van der Waals surface area (Å²) >= 11 is 1.11. The third-order valence-corrected chi connectivity index (χ3v) is 5.27. The average molecular weight is 409 g/mol. The number of hydrogen-bond acceptors (Lipinski definition) is 5. The number of ketones is 1. The van der Waals surface area contributed by atoms with Crippen molar-refractivity contribution >= 4 is 39.9 Å². The van der Waals surface area contributed by atoms with E-state index in [-0.39, 0.29) is 5.78 Å². The number of aromatic nitrogens is 1. The summed E-state index contributed by atoms with van der Waals surface area (Å²) in [6.07, 6.45) is 3.24. The SMILES string of the molecule is Cc1nc(NC(=O)c2ccc(F)cc2)sc1C(=O)/C=C/c1ccc(N(C)C)cc1. The Kier molecular flexibility index (Phi) is 6.19. The number of rotatable bonds is 6. The quantitative estimate of drug-likeness (QED) is 0.469. The molecule has 0 aliphatic rings. The van der Waals surface area contributed by atoms with Crippen molar-refractivity contribution in [3.05, 3.63) is 82.1 Å². The summed E-state index contributed by atoms with van der Waals surface area (Å²) in [4.78, 5) is 31.5. The van der Waals surface area contributed by atoms with Gasteiger partial charge in [-0.15, -0.1) is 0 Å². The lowest BCUT2D eigenvalue weighted by Crippen LogP contribution is -2.11. The zero-order valence-electron chi connectivity index (χ0n) is 16.3. The first-order valence-corrected chi connectivity index (χ1v) is 9.69. The van der Waals surface area contributed by atoms with Crippen molar-refractivity contribution in [1.82, 2.24) is 4.98 Å². The van der Waals surface area contributed by atoms with Crippen LogP contribution in [0.15, 0.2) is 54.6 Å². The number of hydrogen-bond donors (Lipinski definition) is 1. The van der Waals surface area contributed by atoms with Crippen LogP contribution in [0, 0.1) is 12.7 Å². The summed E-state index contributed by atoms with van der Waals surface area (Å²) in [5.41, 5.74) is 2.85. The Morgan fingerprint density at radius 1 is 1.07 bits per heavy atom. The van der Waals surface area contributed by atoms with Gasteiger partial charge in [0.1, 0.15) is 5.82 Å². The van der Waals surface area contributed by atoms with Crippen molar-refractivity contribution in [2.75, 3.05) is 24.3 Å². The predicted molar refractivity (Wildman–Crippen MR) is 115 cm³/mol. The molecule has 3 rings (SSSR count). The van der Waals surface area contributed by atoms with Gasteiger partial charge < -0.3 is 4.90 Å². The fourth-order valence-corrected chi connectivity index (χ4v) is 3.46. The number of thiazole rings is 1. The fourth-order valence-electron chi connectivity index (χ4n) is 2.58. The minimum Gasteiger partial charge on any atom is -0.378 e. The van der Waals surface area contributed by atoms with Crippen LogP contribution in [0.3, 0.4) is 0 Å². The maximum absolute atomic E-state index is 13.0. The Morgan fingerprint density at radius 2 is 1.72 bits per heavy atom. The zero-order chi connectivity index (χ0) is 21.0. The molecule has 0 radical (unpaired) electrons. The van der Waals surface area contributed by atoms with Gasteiger partial charge >= 0.3 is 0 Å². The minimum absolute atomic E-state index is 0.182. The second kappa shape index (κ2) is 8.79. The van der Waals surface area contributed by atoms with E-state index in [0.717, 1.165) is 22.6 Å². The van der Waals surface area contributed by atoms with E-state index in [9.17, 15) is 14.0 Å². The molecule has 1 N–H and O–H groups in total. The van der Waals surface area contributed by atoms with Crippen LogP contribution in [0.25, 0.3) is 6.08 Å². The van der Waals surface area contributed by atoms with E-state index in [1.807, 2.05) is 43.3 Å². The molecule has 0 spiro atoms. The molecule has 1 amide bonds. The summed E-state index contributed by atoms with van der Waals surface area (Å²) in [6, 6.07) is 13.0. The molecular formula is C22H20FN3O2S. The molecule has 0 unspecified atom stereocenters. The van der Waals surface area contributed by atoms with Crippen LogP contribution >= 0.6 is 11.3 Å². The van der Waals surface area contributed by atoms with E-state index in [4.69, 9.17) is 0 Å². The van der Waals surface area contributed by atoms with E-state index in [0.29, 0.717) is 21.3 Å². The Bertz CT molecular complexity index is 1050. The first kappa shape index (κ1) is 20.4. The third-order valence-electron chi connectivity index (χ3n) is 4.18. The van der Waals surface area contributed by atoms with Crippen LogP contribution in [-0.2, 0) is 0 Å². The van der Waals surface area contributed by atoms with Crippen LogP contribution in [0.5, 0.6) is 0 Å².